The maximum Gasteiger partial charge on any atom is 0.0595 e. The Kier molecular flexibility index (Phi) is 9.64. The molecule has 1 heterocycles. The summed E-state index contributed by atoms with van der Waals surface area (Å²) in [5.74, 6) is 0.769. The Balaban J connectivity index is 0.000000186. The zero-order chi connectivity index (χ0) is 22.5. The third kappa shape index (κ3) is 6.73. The number of benzene rings is 2. The van der Waals surface area contributed by atoms with E-state index >= 15 is 0 Å². The molecule has 0 spiro atoms. The summed E-state index contributed by atoms with van der Waals surface area (Å²) in [6, 6.07) is 20.0. The number of aryl methyl sites for hydroxylation is 2. The van der Waals surface area contributed by atoms with Crippen LogP contribution in [0, 0.1) is 31.7 Å². The summed E-state index contributed by atoms with van der Waals surface area (Å²) in [5.41, 5.74) is 5.48. The molecule has 2 fully saturated rings. The normalized spacial score (nSPS) is 25.0. The fourth-order valence-electron chi connectivity index (χ4n) is 5.57. The first-order valence-corrected chi connectivity index (χ1v) is 12.2. The Hall–Kier alpha value is -1.58. The molecule has 1 radical (unpaired) electrons. The molecule has 2 N–H and O–H groups in total. The third-order valence-electron chi connectivity index (χ3n) is 7.10. The van der Waals surface area contributed by atoms with Gasteiger partial charge in [0.2, 0.25) is 0 Å². The first-order chi connectivity index (χ1) is 15.5. The second-order valence-corrected chi connectivity index (χ2v) is 9.68. The molecule has 33 heavy (non-hydrogen) atoms. The number of aliphatic hydroxyl groups excluding tert-OH is 2. The number of rotatable bonds is 1. The summed E-state index contributed by atoms with van der Waals surface area (Å²) < 4.78 is 0. The van der Waals surface area contributed by atoms with Crippen molar-refractivity contribution in [3.05, 3.63) is 65.7 Å². The molecule has 3 aromatic rings. The summed E-state index contributed by atoms with van der Waals surface area (Å²) in [4.78, 5) is 4.70. The molecule has 5 rings (SSSR count). The molecule has 2 saturated carbocycles. The second kappa shape index (κ2) is 12.2. The molecular formula is C29H36IrNO2-. The molecule has 2 aliphatic carbocycles. The van der Waals surface area contributed by atoms with Crippen molar-refractivity contribution in [1.29, 1.82) is 0 Å². The fourth-order valence-corrected chi connectivity index (χ4v) is 5.57. The van der Waals surface area contributed by atoms with Gasteiger partial charge in [0.1, 0.15) is 0 Å². The van der Waals surface area contributed by atoms with Gasteiger partial charge in [0.25, 0.3) is 0 Å². The number of pyridine rings is 1. The van der Waals surface area contributed by atoms with E-state index in [1.807, 2.05) is 18.2 Å². The quantitative estimate of drug-likeness (QED) is 0.309. The minimum Gasteiger partial charge on any atom is -0.393 e. The Morgan fingerprint density at radius 1 is 0.818 bits per heavy atom. The number of aromatic nitrogens is 1. The molecule has 0 aliphatic heterocycles. The van der Waals surface area contributed by atoms with Crippen LogP contribution in [0.25, 0.3) is 22.2 Å². The molecule has 2 aromatic carbocycles. The van der Waals surface area contributed by atoms with Crippen LogP contribution in [0.5, 0.6) is 0 Å². The number of hydrogen-bond acceptors (Lipinski definition) is 3. The number of nitrogens with zero attached hydrogens (tertiary/aromatic N) is 1. The van der Waals surface area contributed by atoms with E-state index in [2.05, 4.69) is 50.2 Å². The van der Waals surface area contributed by atoms with Crippen molar-refractivity contribution in [2.45, 2.75) is 77.4 Å². The summed E-state index contributed by atoms with van der Waals surface area (Å²) >= 11 is 0. The Bertz CT molecular complexity index is 999. The van der Waals surface area contributed by atoms with E-state index in [9.17, 15) is 10.2 Å². The zero-order valence-electron chi connectivity index (χ0n) is 19.8. The van der Waals surface area contributed by atoms with E-state index in [-0.39, 0.29) is 38.2 Å². The molecule has 0 amide bonds. The van der Waals surface area contributed by atoms with E-state index in [1.54, 1.807) is 0 Å². The first kappa shape index (κ1) is 26.0. The predicted molar refractivity (Wildman–Crippen MR) is 131 cm³/mol. The Labute approximate surface area is 212 Å². The molecule has 179 valence electrons. The first-order valence-electron chi connectivity index (χ1n) is 12.2. The van der Waals surface area contributed by atoms with E-state index < -0.39 is 0 Å². The summed E-state index contributed by atoms with van der Waals surface area (Å²) in [5, 5.41) is 21.2. The van der Waals surface area contributed by atoms with Crippen LogP contribution >= 0.6 is 0 Å². The second-order valence-electron chi connectivity index (χ2n) is 9.68. The summed E-state index contributed by atoms with van der Waals surface area (Å²) in [7, 11) is 0. The monoisotopic (exact) mass is 623 g/mol. The minimum atomic E-state index is -0.240. The topological polar surface area (TPSA) is 53.4 Å². The third-order valence-corrected chi connectivity index (χ3v) is 7.10. The summed E-state index contributed by atoms with van der Waals surface area (Å²) in [6.45, 7) is 4.17. The van der Waals surface area contributed by atoms with Gasteiger partial charge in [-0.25, -0.2) is 0 Å². The standard InChI is InChI=1S/C17H14N.C12H22O2.Ir/c1-12-9-13(2)11-15(10-12)17-8-7-14-5-3-4-6-16(14)18-17;13-10-7-3-1-5-9-6-2-4-8-11(14)12(9)10;/h3-10H,1-2H3;9-14H,1-8H2;/q-1;;. The van der Waals surface area contributed by atoms with Gasteiger partial charge >= 0.3 is 0 Å². The average Bonchev–Trinajstić information content (AvgIpc) is 3.08. The van der Waals surface area contributed by atoms with Gasteiger partial charge in [-0.2, -0.15) is 0 Å². The van der Waals surface area contributed by atoms with Crippen LogP contribution < -0.4 is 0 Å². The van der Waals surface area contributed by atoms with Crippen LogP contribution in [-0.2, 0) is 20.1 Å². The number of para-hydroxylation sites is 1. The predicted octanol–water partition coefficient (Wildman–Crippen LogP) is 6.40. The van der Waals surface area contributed by atoms with Crippen molar-refractivity contribution in [1.82, 2.24) is 4.98 Å². The number of hydrogen-bond donors (Lipinski definition) is 2. The van der Waals surface area contributed by atoms with Crippen molar-refractivity contribution >= 4 is 10.9 Å². The van der Waals surface area contributed by atoms with Crippen molar-refractivity contribution in [2.24, 2.45) is 11.8 Å². The van der Waals surface area contributed by atoms with E-state index in [0.717, 1.165) is 48.0 Å². The number of aliphatic hydroxyl groups is 2. The van der Waals surface area contributed by atoms with Gasteiger partial charge in [0.05, 0.1) is 17.7 Å². The van der Waals surface area contributed by atoms with Gasteiger partial charge in [-0.15, -0.1) is 34.9 Å². The van der Waals surface area contributed by atoms with Gasteiger partial charge in [0.15, 0.2) is 0 Å². The van der Waals surface area contributed by atoms with Crippen LogP contribution in [0.2, 0.25) is 0 Å². The zero-order valence-corrected chi connectivity index (χ0v) is 22.2. The van der Waals surface area contributed by atoms with Crippen LogP contribution in [0.3, 0.4) is 0 Å². The van der Waals surface area contributed by atoms with Crippen LogP contribution in [-0.4, -0.2) is 27.4 Å². The van der Waals surface area contributed by atoms with Crippen LogP contribution in [0.1, 0.15) is 62.5 Å². The molecule has 4 heteroatoms. The largest absolute Gasteiger partial charge is 0.393 e. The van der Waals surface area contributed by atoms with Crippen LogP contribution in [0.4, 0.5) is 0 Å². The van der Waals surface area contributed by atoms with E-state index in [4.69, 9.17) is 4.98 Å². The van der Waals surface area contributed by atoms with Gasteiger partial charge in [0, 0.05) is 26.0 Å². The summed E-state index contributed by atoms with van der Waals surface area (Å²) in [6.07, 6.45) is 8.53. The van der Waals surface area contributed by atoms with Gasteiger partial charge in [-0.3, -0.25) is 4.98 Å². The molecule has 2 atom stereocenters. The van der Waals surface area contributed by atoms with Crippen LogP contribution in [0.15, 0.2) is 48.5 Å². The van der Waals surface area contributed by atoms with Crippen molar-refractivity contribution in [3.8, 4) is 11.3 Å². The Morgan fingerprint density at radius 2 is 1.45 bits per heavy atom. The molecule has 2 unspecified atom stereocenters. The molecule has 0 bridgehead atoms. The van der Waals surface area contributed by atoms with Gasteiger partial charge < -0.3 is 10.2 Å². The van der Waals surface area contributed by atoms with E-state index in [1.165, 1.54) is 36.6 Å². The molecular weight excluding hydrogens is 587 g/mol. The number of fused-ring (bicyclic) bond motifs is 2. The van der Waals surface area contributed by atoms with Gasteiger partial charge in [-0.05, 0) is 48.7 Å². The van der Waals surface area contributed by atoms with Gasteiger partial charge in [-0.1, -0.05) is 69.9 Å². The minimum absolute atomic E-state index is 0. The molecule has 0 saturated heterocycles. The Morgan fingerprint density at radius 3 is 2.12 bits per heavy atom. The average molecular weight is 623 g/mol. The molecule has 3 nitrogen and oxygen atoms in total. The fraction of sp³-hybridized carbons (Fsp3) is 0.483. The SMILES string of the molecule is Cc1[c-]c(-c2ccc3ccccc3n2)cc(C)c1.OC1CCCCC2CCCCC(O)C12.[Ir]. The van der Waals surface area contributed by atoms with Crippen molar-refractivity contribution in [2.75, 3.05) is 0 Å². The maximum absolute atomic E-state index is 10.0. The van der Waals surface area contributed by atoms with Crippen molar-refractivity contribution in [3.63, 3.8) is 0 Å². The smallest absolute Gasteiger partial charge is 0.0595 e. The molecule has 2 aliphatic rings. The molecule has 1 aromatic heterocycles. The maximum atomic E-state index is 10.0. The van der Waals surface area contributed by atoms with Crippen molar-refractivity contribution < 1.29 is 30.3 Å². The van der Waals surface area contributed by atoms with E-state index in [0.29, 0.717) is 5.92 Å².